The first kappa shape index (κ1) is 13.7. The molecule has 1 aromatic rings. The molecule has 4 heteroatoms. The third kappa shape index (κ3) is 3.18. The van der Waals surface area contributed by atoms with Gasteiger partial charge in [-0.3, -0.25) is 0 Å². The number of hydrogen-bond acceptors (Lipinski definition) is 3. The van der Waals surface area contributed by atoms with E-state index in [2.05, 4.69) is 15.9 Å². The van der Waals surface area contributed by atoms with Gasteiger partial charge < -0.3 is 15.2 Å². The van der Waals surface area contributed by atoms with E-state index >= 15 is 0 Å². The van der Waals surface area contributed by atoms with Crippen LogP contribution in [0.1, 0.15) is 32.3 Å². The number of halogens is 1. The van der Waals surface area contributed by atoms with Crippen LogP contribution in [0.4, 0.5) is 0 Å². The zero-order valence-electron chi connectivity index (χ0n) is 11.1. The molecule has 0 amide bonds. The van der Waals surface area contributed by atoms with E-state index in [1.54, 1.807) is 7.11 Å². The molecule has 2 rings (SSSR count). The number of benzene rings is 1. The highest BCUT2D eigenvalue weighted by Gasteiger charge is 2.24. The first-order valence-corrected chi connectivity index (χ1v) is 7.01. The maximum Gasteiger partial charge on any atom is 0.162 e. The smallest absolute Gasteiger partial charge is 0.162 e. The van der Waals surface area contributed by atoms with E-state index in [1.165, 1.54) is 12.8 Å². The normalized spacial score (nSPS) is 15.6. The van der Waals surface area contributed by atoms with E-state index in [-0.39, 0.29) is 0 Å². The Balaban J connectivity index is 2.26. The molecule has 0 heterocycles. The van der Waals surface area contributed by atoms with E-state index < -0.39 is 5.54 Å². The summed E-state index contributed by atoms with van der Waals surface area (Å²) in [5, 5.41) is 0. The Morgan fingerprint density at radius 1 is 1.33 bits per heavy atom. The fourth-order valence-electron chi connectivity index (χ4n) is 1.79. The van der Waals surface area contributed by atoms with Crippen LogP contribution < -0.4 is 15.2 Å². The molecule has 0 saturated heterocycles. The van der Waals surface area contributed by atoms with Crippen LogP contribution in [0.5, 0.6) is 11.5 Å². The maximum absolute atomic E-state index is 6.14. The highest BCUT2D eigenvalue weighted by molar-refractivity contribution is 9.10. The lowest BCUT2D eigenvalue weighted by Gasteiger charge is -2.23. The Kier molecular flexibility index (Phi) is 3.87. The topological polar surface area (TPSA) is 44.5 Å². The van der Waals surface area contributed by atoms with Crippen molar-refractivity contribution in [2.75, 3.05) is 13.7 Å². The minimum absolute atomic E-state index is 0.416. The van der Waals surface area contributed by atoms with Crippen molar-refractivity contribution in [1.29, 1.82) is 0 Å². The van der Waals surface area contributed by atoms with Gasteiger partial charge in [-0.25, -0.2) is 0 Å². The second-order valence-electron chi connectivity index (χ2n) is 5.46. The zero-order valence-corrected chi connectivity index (χ0v) is 12.7. The molecular formula is C14H20BrNO2. The van der Waals surface area contributed by atoms with Crippen molar-refractivity contribution in [3.63, 3.8) is 0 Å². The van der Waals surface area contributed by atoms with Gasteiger partial charge in [0.15, 0.2) is 11.5 Å². The molecule has 1 aromatic carbocycles. The van der Waals surface area contributed by atoms with Gasteiger partial charge in [-0.1, -0.05) is 15.9 Å². The number of nitrogens with two attached hydrogens (primary N) is 1. The van der Waals surface area contributed by atoms with Gasteiger partial charge in [0.1, 0.15) is 0 Å². The van der Waals surface area contributed by atoms with Gasteiger partial charge in [0.2, 0.25) is 0 Å². The van der Waals surface area contributed by atoms with Gasteiger partial charge in [-0.05, 0) is 50.3 Å². The molecular weight excluding hydrogens is 294 g/mol. The summed E-state index contributed by atoms with van der Waals surface area (Å²) in [4.78, 5) is 0. The molecule has 1 aliphatic carbocycles. The minimum Gasteiger partial charge on any atom is -0.493 e. The molecule has 0 spiro atoms. The van der Waals surface area contributed by atoms with Crippen molar-refractivity contribution in [3.8, 4) is 11.5 Å². The lowest BCUT2D eigenvalue weighted by molar-refractivity contribution is 0.279. The predicted octanol–water partition coefficient (Wildman–Crippen LogP) is 3.44. The second kappa shape index (κ2) is 5.10. The quantitative estimate of drug-likeness (QED) is 0.905. The van der Waals surface area contributed by atoms with Crippen molar-refractivity contribution >= 4 is 15.9 Å². The monoisotopic (exact) mass is 313 g/mol. The van der Waals surface area contributed by atoms with E-state index in [0.29, 0.717) is 0 Å². The summed E-state index contributed by atoms with van der Waals surface area (Å²) in [5.41, 5.74) is 6.73. The van der Waals surface area contributed by atoms with Crippen LogP contribution in [-0.2, 0) is 5.54 Å². The lowest BCUT2D eigenvalue weighted by Crippen LogP contribution is -2.29. The second-order valence-corrected chi connectivity index (χ2v) is 6.31. The van der Waals surface area contributed by atoms with Gasteiger partial charge >= 0.3 is 0 Å². The van der Waals surface area contributed by atoms with Gasteiger partial charge in [0, 0.05) is 10.0 Å². The maximum atomic E-state index is 6.14. The average molecular weight is 314 g/mol. The molecule has 0 unspecified atom stereocenters. The molecule has 18 heavy (non-hydrogen) atoms. The third-order valence-corrected chi connectivity index (χ3v) is 3.78. The van der Waals surface area contributed by atoms with E-state index in [1.807, 2.05) is 26.0 Å². The Morgan fingerprint density at radius 3 is 2.50 bits per heavy atom. The largest absolute Gasteiger partial charge is 0.493 e. The Hall–Kier alpha value is -0.740. The SMILES string of the molecule is COc1cc(C(C)(C)N)c(Br)cc1OCC1CC1. The summed E-state index contributed by atoms with van der Waals surface area (Å²) in [6, 6.07) is 3.90. The third-order valence-electron chi connectivity index (χ3n) is 3.12. The van der Waals surface area contributed by atoms with Crippen molar-refractivity contribution in [2.24, 2.45) is 11.7 Å². The summed E-state index contributed by atoms with van der Waals surface area (Å²) >= 11 is 3.55. The summed E-state index contributed by atoms with van der Waals surface area (Å²) in [5.74, 6) is 2.25. The van der Waals surface area contributed by atoms with E-state index in [9.17, 15) is 0 Å². The summed E-state index contributed by atoms with van der Waals surface area (Å²) in [7, 11) is 1.65. The van der Waals surface area contributed by atoms with Crippen molar-refractivity contribution in [1.82, 2.24) is 0 Å². The summed E-state index contributed by atoms with van der Waals surface area (Å²) in [6.45, 7) is 4.71. The van der Waals surface area contributed by atoms with Crippen LogP contribution in [0.25, 0.3) is 0 Å². The van der Waals surface area contributed by atoms with Gasteiger partial charge in [0.05, 0.1) is 13.7 Å². The number of rotatable bonds is 5. The molecule has 0 atom stereocenters. The van der Waals surface area contributed by atoms with Crippen LogP contribution in [0.2, 0.25) is 0 Å². The number of methoxy groups -OCH3 is 1. The molecule has 2 N–H and O–H groups in total. The Labute approximate surface area is 117 Å². The molecule has 100 valence electrons. The molecule has 1 fully saturated rings. The number of hydrogen-bond donors (Lipinski definition) is 1. The lowest BCUT2D eigenvalue weighted by atomic mass is 9.95. The van der Waals surface area contributed by atoms with Crippen molar-refractivity contribution in [3.05, 3.63) is 22.2 Å². The number of ether oxygens (including phenoxy) is 2. The van der Waals surface area contributed by atoms with Crippen LogP contribution in [0.15, 0.2) is 16.6 Å². The van der Waals surface area contributed by atoms with Crippen LogP contribution in [0, 0.1) is 5.92 Å². The van der Waals surface area contributed by atoms with Crippen molar-refractivity contribution in [2.45, 2.75) is 32.2 Å². The van der Waals surface area contributed by atoms with Gasteiger partial charge in [-0.15, -0.1) is 0 Å². The molecule has 0 radical (unpaired) electrons. The molecule has 0 aliphatic heterocycles. The molecule has 3 nitrogen and oxygen atoms in total. The first-order chi connectivity index (χ1) is 8.41. The van der Waals surface area contributed by atoms with E-state index in [0.717, 1.165) is 34.1 Å². The highest BCUT2D eigenvalue weighted by atomic mass is 79.9. The predicted molar refractivity (Wildman–Crippen MR) is 76.1 cm³/mol. The van der Waals surface area contributed by atoms with Crippen LogP contribution in [0.3, 0.4) is 0 Å². The summed E-state index contributed by atoms with van der Waals surface area (Å²) < 4.78 is 12.2. The fourth-order valence-corrected chi connectivity index (χ4v) is 2.63. The van der Waals surface area contributed by atoms with E-state index in [4.69, 9.17) is 15.2 Å². The average Bonchev–Trinajstić information content (AvgIpc) is 3.08. The highest BCUT2D eigenvalue weighted by Crippen LogP contribution is 2.38. The first-order valence-electron chi connectivity index (χ1n) is 6.21. The summed E-state index contributed by atoms with van der Waals surface area (Å²) in [6.07, 6.45) is 2.55. The van der Waals surface area contributed by atoms with Crippen molar-refractivity contribution < 1.29 is 9.47 Å². The Bertz CT molecular complexity index is 436. The Morgan fingerprint density at radius 2 is 2.00 bits per heavy atom. The van der Waals surface area contributed by atoms with Gasteiger partial charge in [0.25, 0.3) is 0 Å². The molecule has 1 saturated carbocycles. The van der Waals surface area contributed by atoms with Gasteiger partial charge in [-0.2, -0.15) is 0 Å². The molecule has 0 aromatic heterocycles. The van der Waals surface area contributed by atoms with Crippen LogP contribution >= 0.6 is 15.9 Å². The fraction of sp³-hybridized carbons (Fsp3) is 0.571. The minimum atomic E-state index is -0.416. The molecule has 0 bridgehead atoms. The van der Waals surface area contributed by atoms with Crippen LogP contribution in [-0.4, -0.2) is 13.7 Å². The zero-order chi connectivity index (χ0) is 13.3. The molecule has 1 aliphatic rings. The standard InChI is InChI=1S/C14H20BrNO2/c1-14(2,16)10-6-12(17-3)13(7-11(10)15)18-8-9-4-5-9/h6-7,9H,4-5,8,16H2,1-3H3.